The summed E-state index contributed by atoms with van der Waals surface area (Å²) in [6.45, 7) is 4.94. The van der Waals surface area contributed by atoms with Crippen LogP contribution in [0.25, 0.3) is 20.5 Å². The summed E-state index contributed by atoms with van der Waals surface area (Å²) < 4.78 is 6.97. The second kappa shape index (κ2) is 7.99. The third-order valence-electron chi connectivity index (χ3n) is 4.54. The fourth-order valence-corrected chi connectivity index (χ4v) is 4.42. The Morgan fingerprint density at radius 1 is 0.929 bits per heavy atom. The summed E-state index contributed by atoms with van der Waals surface area (Å²) in [7, 11) is 0. The molecule has 140 valence electrons. The molecular weight excluding hydrogens is 364 g/mol. The molecule has 3 aromatic carbocycles. The maximum absolute atomic E-state index is 13.4. The molecule has 0 atom stereocenters. The molecule has 0 aliphatic rings. The summed E-state index contributed by atoms with van der Waals surface area (Å²) >= 11 is 1.65. The summed E-state index contributed by atoms with van der Waals surface area (Å²) in [4.78, 5) is 14.4. The average molecular weight is 387 g/mol. The van der Waals surface area contributed by atoms with Crippen molar-refractivity contribution >= 4 is 27.2 Å². The minimum atomic E-state index is 0.0570. The van der Waals surface area contributed by atoms with E-state index in [1.54, 1.807) is 11.3 Å². The zero-order valence-electron chi connectivity index (χ0n) is 16.0. The van der Waals surface area contributed by atoms with Crippen LogP contribution >= 0.6 is 11.3 Å². The fraction of sp³-hybridized carbons (Fsp3) is 0.160. The molecule has 0 spiro atoms. The maximum atomic E-state index is 13.4. The lowest BCUT2D eigenvalue weighted by Gasteiger charge is -2.08. The topological polar surface area (TPSA) is 26.3 Å². The molecule has 4 rings (SSSR count). The molecule has 4 aromatic rings. The molecule has 0 unspecified atom stereocenters. The predicted octanol–water partition coefficient (Wildman–Crippen LogP) is 6.83. The number of rotatable bonds is 6. The Morgan fingerprint density at radius 3 is 2.29 bits per heavy atom. The van der Waals surface area contributed by atoms with E-state index < -0.39 is 0 Å². The van der Waals surface area contributed by atoms with E-state index in [0.29, 0.717) is 18.1 Å². The Morgan fingerprint density at radius 2 is 1.61 bits per heavy atom. The zero-order chi connectivity index (χ0) is 19.5. The molecule has 0 fully saturated rings. The van der Waals surface area contributed by atoms with Crippen molar-refractivity contribution in [3.63, 3.8) is 0 Å². The minimum Gasteiger partial charge on any atom is -0.493 e. The molecule has 3 heteroatoms. The van der Waals surface area contributed by atoms with Gasteiger partial charge in [0.05, 0.1) is 6.61 Å². The maximum Gasteiger partial charge on any atom is 0.195 e. The van der Waals surface area contributed by atoms with Crippen molar-refractivity contribution in [1.82, 2.24) is 0 Å². The van der Waals surface area contributed by atoms with Crippen LogP contribution in [-0.4, -0.2) is 12.4 Å². The van der Waals surface area contributed by atoms with Crippen LogP contribution < -0.4 is 4.74 Å². The number of ketones is 1. The summed E-state index contributed by atoms with van der Waals surface area (Å²) in [5, 5.41) is 0.981. The quantitative estimate of drug-likeness (QED) is 0.339. The van der Waals surface area contributed by atoms with Crippen LogP contribution in [0.5, 0.6) is 5.75 Å². The van der Waals surface area contributed by atoms with Gasteiger partial charge in [-0.15, -0.1) is 11.3 Å². The predicted molar refractivity (Wildman–Crippen MR) is 117 cm³/mol. The monoisotopic (exact) mass is 386 g/mol. The Labute approximate surface area is 169 Å². The summed E-state index contributed by atoms with van der Waals surface area (Å²) in [5.41, 5.74) is 2.54. The smallest absolute Gasteiger partial charge is 0.195 e. The molecule has 1 aromatic heterocycles. The van der Waals surface area contributed by atoms with Gasteiger partial charge in [-0.2, -0.15) is 0 Å². The van der Waals surface area contributed by atoms with Crippen molar-refractivity contribution in [2.75, 3.05) is 6.61 Å². The molecule has 0 amide bonds. The van der Waals surface area contributed by atoms with Gasteiger partial charge in [0.15, 0.2) is 5.78 Å². The van der Waals surface area contributed by atoms with Crippen molar-refractivity contribution in [1.29, 1.82) is 0 Å². The lowest BCUT2D eigenvalue weighted by Crippen LogP contribution is -2.04. The molecule has 0 saturated carbocycles. The highest BCUT2D eigenvalue weighted by molar-refractivity contribution is 7.22. The average Bonchev–Trinajstić information content (AvgIpc) is 3.11. The number of hydrogen-bond acceptors (Lipinski definition) is 3. The van der Waals surface area contributed by atoms with Crippen molar-refractivity contribution in [3.8, 4) is 16.2 Å². The normalized spacial score (nSPS) is 11.1. The van der Waals surface area contributed by atoms with Gasteiger partial charge in [-0.25, -0.2) is 0 Å². The first-order valence-corrected chi connectivity index (χ1v) is 10.3. The lowest BCUT2D eigenvalue weighted by molar-refractivity contribution is 0.104. The zero-order valence-corrected chi connectivity index (χ0v) is 16.8. The van der Waals surface area contributed by atoms with E-state index in [-0.39, 0.29) is 5.78 Å². The van der Waals surface area contributed by atoms with Gasteiger partial charge in [0, 0.05) is 26.1 Å². The van der Waals surface area contributed by atoms with Gasteiger partial charge < -0.3 is 4.74 Å². The highest BCUT2D eigenvalue weighted by Gasteiger charge is 2.21. The van der Waals surface area contributed by atoms with Crippen LogP contribution in [0.2, 0.25) is 0 Å². The molecule has 0 N–H and O–H groups in total. The van der Waals surface area contributed by atoms with Crippen LogP contribution in [0.15, 0.2) is 78.9 Å². The van der Waals surface area contributed by atoms with Crippen LogP contribution in [-0.2, 0) is 0 Å². The van der Waals surface area contributed by atoms with E-state index in [4.69, 9.17) is 4.74 Å². The molecule has 28 heavy (non-hydrogen) atoms. The van der Waals surface area contributed by atoms with Crippen molar-refractivity contribution in [2.45, 2.75) is 13.8 Å². The number of hydrogen-bond donors (Lipinski definition) is 0. The Kier molecular flexibility index (Phi) is 5.27. The second-order valence-electron chi connectivity index (χ2n) is 7.23. The number of benzene rings is 3. The number of fused-ring (bicyclic) bond motifs is 1. The molecule has 0 aliphatic carbocycles. The van der Waals surface area contributed by atoms with Gasteiger partial charge in [-0.3, -0.25) is 4.79 Å². The highest BCUT2D eigenvalue weighted by Crippen LogP contribution is 2.41. The van der Waals surface area contributed by atoms with E-state index in [0.717, 1.165) is 31.8 Å². The minimum absolute atomic E-state index is 0.0570. The number of thiophene rings is 1. The molecular formula is C25H22O2S. The van der Waals surface area contributed by atoms with Gasteiger partial charge in [0.2, 0.25) is 0 Å². The van der Waals surface area contributed by atoms with E-state index in [1.165, 1.54) is 0 Å². The van der Waals surface area contributed by atoms with Gasteiger partial charge in [-0.1, -0.05) is 74.5 Å². The summed E-state index contributed by atoms with van der Waals surface area (Å²) in [6, 6.07) is 25.7. The number of carbonyl (C=O) groups excluding carboxylic acids is 1. The van der Waals surface area contributed by atoms with Gasteiger partial charge in [-0.05, 0) is 29.7 Å². The molecule has 0 radical (unpaired) electrons. The first-order chi connectivity index (χ1) is 13.6. The van der Waals surface area contributed by atoms with Crippen LogP contribution in [0.3, 0.4) is 0 Å². The van der Waals surface area contributed by atoms with Crippen molar-refractivity contribution < 1.29 is 9.53 Å². The Balaban J connectivity index is 1.86. The molecule has 2 nitrogen and oxygen atoms in total. The third kappa shape index (κ3) is 3.71. The van der Waals surface area contributed by atoms with Gasteiger partial charge in [0.25, 0.3) is 0 Å². The van der Waals surface area contributed by atoms with E-state index in [2.05, 4.69) is 32.0 Å². The summed E-state index contributed by atoms with van der Waals surface area (Å²) in [5.74, 6) is 1.37. The first-order valence-electron chi connectivity index (χ1n) is 9.48. The molecule has 0 bridgehead atoms. The fourth-order valence-electron chi connectivity index (χ4n) is 3.18. The van der Waals surface area contributed by atoms with E-state index in [9.17, 15) is 4.79 Å². The molecule has 0 aliphatic heterocycles. The SMILES string of the molecule is CC(C)COc1ccc2c(C(=O)c3ccccc3)c(-c3ccccc3)sc2c1. The largest absolute Gasteiger partial charge is 0.493 e. The first kappa shape index (κ1) is 18.5. The van der Waals surface area contributed by atoms with Crippen LogP contribution in [0, 0.1) is 5.92 Å². The Hall–Kier alpha value is -2.91. The van der Waals surface area contributed by atoms with E-state index in [1.807, 2.05) is 60.7 Å². The number of carbonyl (C=O) groups is 1. The van der Waals surface area contributed by atoms with Crippen molar-refractivity contribution in [3.05, 3.63) is 90.0 Å². The van der Waals surface area contributed by atoms with Crippen LogP contribution in [0.1, 0.15) is 29.8 Å². The standard InChI is InChI=1S/C25H22O2S/c1-17(2)16-27-20-13-14-21-22(15-20)28-25(19-11-7-4-8-12-19)23(21)24(26)18-9-5-3-6-10-18/h3-15,17H,16H2,1-2H3. The van der Waals surface area contributed by atoms with Crippen LogP contribution in [0.4, 0.5) is 0 Å². The third-order valence-corrected chi connectivity index (χ3v) is 5.75. The highest BCUT2D eigenvalue weighted by atomic mass is 32.1. The van der Waals surface area contributed by atoms with Crippen molar-refractivity contribution in [2.24, 2.45) is 5.92 Å². The summed E-state index contributed by atoms with van der Waals surface area (Å²) in [6.07, 6.45) is 0. The van der Waals surface area contributed by atoms with Gasteiger partial charge >= 0.3 is 0 Å². The van der Waals surface area contributed by atoms with E-state index >= 15 is 0 Å². The Bertz CT molecular complexity index is 1100. The lowest BCUT2D eigenvalue weighted by atomic mass is 9.97. The number of ether oxygens (including phenoxy) is 1. The molecule has 0 saturated heterocycles. The van der Waals surface area contributed by atoms with Gasteiger partial charge in [0.1, 0.15) is 5.75 Å². The second-order valence-corrected chi connectivity index (χ2v) is 8.28. The molecule has 1 heterocycles.